The van der Waals surface area contributed by atoms with Crippen LogP contribution in [-0.4, -0.2) is 18.1 Å². The van der Waals surface area contributed by atoms with Crippen LogP contribution in [0.3, 0.4) is 0 Å². The van der Waals surface area contributed by atoms with E-state index in [0.29, 0.717) is 6.61 Å². The molecule has 3 aromatic carbocycles. The molecule has 0 unspecified atom stereocenters. The summed E-state index contributed by atoms with van der Waals surface area (Å²) in [5, 5.41) is 5.33. The Kier molecular flexibility index (Phi) is 5.31. The van der Waals surface area contributed by atoms with Crippen LogP contribution in [0.5, 0.6) is 5.75 Å². The third kappa shape index (κ3) is 4.44. The van der Waals surface area contributed by atoms with E-state index in [4.69, 9.17) is 16.3 Å². The molecular weight excluding hydrogens is 356 g/mol. The second-order valence-electron chi connectivity index (χ2n) is 6.43. The maximum Gasteiger partial charge on any atom is 0.119 e. The molecule has 3 nitrogen and oxygen atoms in total. The summed E-state index contributed by atoms with van der Waals surface area (Å²) >= 11 is 5.88. The number of anilines is 1. The zero-order valence-corrected chi connectivity index (χ0v) is 15.7. The predicted octanol–water partition coefficient (Wildman–Crippen LogP) is 6.37. The number of aromatic nitrogens is 1. The van der Waals surface area contributed by atoms with Gasteiger partial charge in [0.2, 0.25) is 0 Å². The van der Waals surface area contributed by atoms with E-state index in [-0.39, 0.29) is 0 Å². The van der Waals surface area contributed by atoms with Gasteiger partial charge in [0, 0.05) is 33.9 Å². The van der Waals surface area contributed by atoms with Gasteiger partial charge in [0.15, 0.2) is 0 Å². The Balaban J connectivity index is 1.27. The number of hydrogen-bond acceptors (Lipinski definition) is 2. The number of fused-ring (bicyclic) bond motifs is 1. The quantitative estimate of drug-likeness (QED) is 0.368. The average molecular weight is 377 g/mol. The smallest absolute Gasteiger partial charge is 0.119 e. The first-order valence-corrected chi connectivity index (χ1v) is 9.46. The van der Waals surface area contributed by atoms with Crippen LogP contribution in [0.2, 0.25) is 5.02 Å². The molecule has 4 heteroatoms. The second-order valence-corrected chi connectivity index (χ2v) is 6.87. The largest absolute Gasteiger partial charge is 0.494 e. The van der Waals surface area contributed by atoms with Crippen LogP contribution in [0, 0.1) is 0 Å². The Bertz CT molecular complexity index is 974. The maximum atomic E-state index is 5.88. The number of aromatic amines is 1. The van der Waals surface area contributed by atoms with Gasteiger partial charge < -0.3 is 15.0 Å². The first kappa shape index (κ1) is 17.5. The number of benzene rings is 3. The Morgan fingerprint density at radius 2 is 1.67 bits per heavy atom. The highest BCUT2D eigenvalue weighted by atomic mass is 35.5. The topological polar surface area (TPSA) is 37.0 Å². The molecule has 0 saturated heterocycles. The van der Waals surface area contributed by atoms with Crippen LogP contribution in [0.15, 0.2) is 78.9 Å². The fourth-order valence-corrected chi connectivity index (χ4v) is 3.15. The van der Waals surface area contributed by atoms with Crippen molar-refractivity contribution < 1.29 is 4.74 Å². The molecule has 1 heterocycles. The second kappa shape index (κ2) is 8.19. The van der Waals surface area contributed by atoms with Crippen molar-refractivity contribution in [1.29, 1.82) is 0 Å². The predicted molar refractivity (Wildman–Crippen MR) is 114 cm³/mol. The van der Waals surface area contributed by atoms with E-state index in [0.717, 1.165) is 46.2 Å². The third-order valence-electron chi connectivity index (χ3n) is 4.46. The molecule has 0 aliphatic carbocycles. The minimum Gasteiger partial charge on any atom is -0.494 e. The summed E-state index contributed by atoms with van der Waals surface area (Å²) < 4.78 is 5.84. The zero-order chi connectivity index (χ0) is 18.5. The van der Waals surface area contributed by atoms with Crippen molar-refractivity contribution in [2.24, 2.45) is 0 Å². The lowest BCUT2D eigenvalue weighted by Gasteiger charge is -2.09. The molecule has 0 saturated carbocycles. The van der Waals surface area contributed by atoms with Crippen molar-refractivity contribution in [3.05, 3.63) is 83.9 Å². The summed E-state index contributed by atoms with van der Waals surface area (Å²) in [4.78, 5) is 3.45. The summed E-state index contributed by atoms with van der Waals surface area (Å²) in [5.74, 6) is 0.890. The van der Waals surface area contributed by atoms with Crippen molar-refractivity contribution in [1.82, 2.24) is 4.98 Å². The van der Waals surface area contributed by atoms with Gasteiger partial charge in [-0.25, -0.2) is 0 Å². The normalized spacial score (nSPS) is 10.9. The molecule has 0 spiro atoms. The molecule has 1 aromatic heterocycles. The number of hydrogen-bond donors (Lipinski definition) is 2. The molecule has 136 valence electrons. The maximum absolute atomic E-state index is 5.88. The number of H-pyrrole nitrogens is 1. The number of para-hydroxylation sites is 1. The Morgan fingerprint density at radius 3 is 2.44 bits per heavy atom. The Morgan fingerprint density at radius 1 is 0.889 bits per heavy atom. The minimum absolute atomic E-state index is 0.673. The first-order valence-electron chi connectivity index (χ1n) is 9.08. The Hall–Kier alpha value is -2.91. The summed E-state index contributed by atoms with van der Waals surface area (Å²) in [7, 11) is 0. The summed E-state index contributed by atoms with van der Waals surface area (Å²) in [6.07, 6.45) is 0.923. The monoisotopic (exact) mass is 376 g/mol. The van der Waals surface area contributed by atoms with Crippen molar-refractivity contribution in [3.63, 3.8) is 0 Å². The number of rotatable bonds is 7. The van der Waals surface area contributed by atoms with Gasteiger partial charge in [-0.15, -0.1) is 0 Å². The molecular formula is C23H21ClN2O. The molecule has 4 rings (SSSR count). The highest BCUT2D eigenvalue weighted by Gasteiger charge is 2.03. The van der Waals surface area contributed by atoms with Crippen LogP contribution in [0.1, 0.15) is 6.42 Å². The molecule has 0 fully saturated rings. The van der Waals surface area contributed by atoms with E-state index in [2.05, 4.69) is 46.7 Å². The van der Waals surface area contributed by atoms with Crippen LogP contribution in [0.4, 0.5) is 5.69 Å². The molecule has 4 aromatic rings. The van der Waals surface area contributed by atoms with E-state index >= 15 is 0 Å². The molecule has 0 amide bonds. The molecule has 0 bridgehead atoms. The van der Waals surface area contributed by atoms with Crippen molar-refractivity contribution >= 4 is 28.2 Å². The highest BCUT2D eigenvalue weighted by molar-refractivity contribution is 6.30. The standard InChI is InChI=1S/C23H21ClN2O/c24-19-8-10-20(11-9-19)25-14-3-15-27-21-12-6-17(7-13-21)23-16-18-4-1-2-5-22(18)26-23/h1-2,4-13,16,25-26H,3,14-15H2. The summed E-state index contributed by atoms with van der Waals surface area (Å²) in [5.41, 5.74) is 4.50. The van der Waals surface area contributed by atoms with Crippen molar-refractivity contribution in [2.75, 3.05) is 18.5 Å². The lowest BCUT2D eigenvalue weighted by atomic mass is 10.1. The van der Waals surface area contributed by atoms with Gasteiger partial charge in [-0.3, -0.25) is 0 Å². The number of nitrogens with one attached hydrogen (secondary N) is 2. The van der Waals surface area contributed by atoms with Gasteiger partial charge in [0.25, 0.3) is 0 Å². The van der Waals surface area contributed by atoms with E-state index in [1.54, 1.807) is 0 Å². The zero-order valence-electron chi connectivity index (χ0n) is 14.9. The fourth-order valence-electron chi connectivity index (χ4n) is 3.02. The number of ether oxygens (including phenoxy) is 1. The lowest BCUT2D eigenvalue weighted by Crippen LogP contribution is -2.07. The van der Waals surface area contributed by atoms with Gasteiger partial charge in [0.1, 0.15) is 5.75 Å². The van der Waals surface area contributed by atoms with E-state index in [9.17, 15) is 0 Å². The van der Waals surface area contributed by atoms with Crippen LogP contribution >= 0.6 is 11.6 Å². The van der Waals surface area contributed by atoms with Gasteiger partial charge >= 0.3 is 0 Å². The van der Waals surface area contributed by atoms with Gasteiger partial charge in [-0.05, 0) is 72.6 Å². The Labute approximate surface area is 163 Å². The fraction of sp³-hybridized carbons (Fsp3) is 0.130. The van der Waals surface area contributed by atoms with Gasteiger partial charge in [-0.2, -0.15) is 0 Å². The van der Waals surface area contributed by atoms with E-state index in [1.807, 2.05) is 42.5 Å². The molecule has 0 aliphatic heterocycles. The molecule has 0 atom stereocenters. The van der Waals surface area contributed by atoms with Crippen molar-refractivity contribution in [2.45, 2.75) is 6.42 Å². The minimum atomic E-state index is 0.673. The van der Waals surface area contributed by atoms with E-state index < -0.39 is 0 Å². The summed E-state index contributed by atoms with van der Waals surface area (Å²) in [6, 6.07) is 26.4. The lowest BCUT2D eigenvalue weighted by molar-refractivity contribution is 0.315. The number of halogens is 1. The van der Waals surface area contributed by atoms with Crippen LogP contribution < -0.4 is 10.1 Å². The molecule has 0 aliphatic rings. The van der Waals surface area contributed by atoms with Crippen LogP contribution in [0.25, 0.3) is 22.2 Å². The van der Waals surface area contributed by atoms with Gasteiger partial charge in [0.05, 0.1) is 6.61 Å². The first-order chi connectivity index (χ1) is 13.3. The van der Waals surface area contributed by atoms with Crippen molar-refractivity contribution in [3.8, 4) is 17.0 Å². The average Bonchev–Trinajstić information content (AvgIpc) is 3.14. The molecule has 27 heavy (non-hydrogen) atoms. The van der Waals surface area contributed by atoms with Crippen LogP contribution in [-0.2, 0) is 0 Å². The summed E-state index contributed by atoms with van der Waals surface area (Å²) in [6.45, 7) is 1.53. The third-order valence-corrected chi connectivity index (χ3v) is 4.71. The SMILES string of the molecule is Clc1ccc(NCCCOc2ccc(-c3cc4ccccc4[nH]3)cc2)cc1. The van der Waals surface area contributed by atoms with Gasteiger partial charge in [-0.1, -0.05) is 29.8 Å². The van der Waals surface area contributed by atoms with E-state index in [1.165, 1.54) is 5.39 Å². The molecule has 0 radical (unpaired) electrons. The molecule has 2 N–H and O–H groups in total. The highest BCUT2D eigenvalue weighted by Crippen LogP contribution is 2.25.